The van der Waals surface area contributed by atoms with Crippen molar-refractivity contribution in [1.29, 1.82) is 0 Å². The lowest BCUT2D eigenvalue weighted by atomic mass is 10.2. The average Bonchev–Trinajstić information content (AvgIpc) is 2.19. The number of hydrogen-bond acceptors (Lipinski definition) is 3. The van der Waals surface area contributed by atoms with E-state index >= 15 is 0 Å². The minimum atomic E-state index is -0.575. The van der Waals surface area contributed by atoms with Gasteiger partial charge in [0.1, 0.15) is 0 Å². The first kappa shape index (κ1) is 9.38. The van der Waals surface area contributed by atoms with Gasteiger partial charge in [-0.2, -0.15) is 0 Å². The first-order valence-corrected chi connectivity index (χ1v) is 3.95. The summed E-state index contributed by atoms with van der Waals surface area (Å²) in [6, 6.07) is 3.74. The van der Waals surface area contributed by atoms with Gasteiger partial charge in [-0.25, -0.2) is 0 Å². The number of rotatable bonds is 4. The Labute approximate surface area is 76.0 Å². The van der Waals surface area contributed by atoms with Crippen LogP contribution < -0.4 is 5.32 Å². The fourth-order valence-electron chi connectivity index (χ4n) is 0.921. The quantitative estimate of drug-likeness (QED) is 0.519. The molecule has 0 atom stereocenters. The van der Waals surface area contributed by atoms with Crippen molar-refractivity contribution in [3.8, 4) is 0 Å². The molecule has 0 aromatic carbocycles. The highest BCUT2D eigenvalue weighted by atomic mass is 16.2. The van der Waals surface area contributed by atoms with Crippen LogP contribution >= 0.6 is 0 Å². The third-order valence-corrected chi connectivity index (χ3v) is 1.57. The minimum Gasteiger partial charge on any atom is -0.349 e. The molecule has 0 bridgehead atoms. The normalized spacial score (nSPS) is 9.23. The van der Waals surface area contributed by atoms with Gasteiger partial charge in [-0.05, 0) is 24.1 Å². The summed E-state index contributed by atoms with van der Waals surface area (Å²) < 4.78 is 0. The van der Waals surface area contributed by atoms with E-state index in [2.05, 4.69) is 10.3 Å². The maximum Gasteiger partial charge on any atom is 0.284 e. The lowest BCUT2D eigenvalue weighted by molar-refractivity contribution is -0.131. The SMILES string of the molecule is O=CC(=O)NCCc1ccncc1. The number of carbonyl (C=O) groups is 2. The van der Waals surface area contributed by atoms with E-state index in [0.717, 1.165) is 5.56 Å². The molecule has 0 aliphatic carbocycles. The van der Waals surface area contributed by atoms with E-state index < -0.39 is 5.91 Å². The van der Waals surface area contributed by atoms with Crippen molar-refractivity contribution in [1.82, 2.24) is 10.3 Å². The summed E-state index contributed by atoms with van der Waals surface area (Å²) in [6.45, 7) is 0.474. The number of pyridine rings is 1. The van der Waals surface area contributed by atoms with Crippen LogP contribution in [0.25, 0.3) is 0 Å². The van der Waals surface area contributed by atoms with Gasteiger partial charge in [-0.1, -0.05) is 0 Å². The molecule has 1 N–H and O–H groups in total. The molecule has 0 radical (unpaired) electrons. The second-order valence-electron chi connectivity index (χ2n) is 2.51. The maximum atomic E-state index is 10.5. The molecule has 0 aliphatic heterocycles. The molecule has 0 spiro atoms. The summed E-state index contributed by atoms with van der Waals surface area (Å²) in [4.78, 5) is 24.3. The third kappa shape index (κ3) is 3.46. The van der Waals surface area contributed by atoms with Gasteiger partial charge >= 0.3 is 0 Å². The van der Waals surface area contributed by atoms with Crippen molar-refractivity contribution in [3.63, 3.8) is 0 Å². The van der Waals surface area contributed by atoms with Crippen LogP contribution in [0, 0.1) is 0 Å². The van der Waals surface area contributed by atoms with Crippen LogP contribution in [0.5, 0.6) is 0 Å². The van der Waals surface area contributed by atoms with Crippen LogP contribution in [-0.2, 0) is 16.0 Å². The largest absolute Gasteiger partial charge is 0.349 e. The molecule has 4 heteroatoms. The van der Waals surface area contributed by atoms with Gasteiger partial charge in [0.15, 0.2) is 0 Å². The van der Waals surface area contributed by atoms with Crippen LogP contribution in [0.4, 0.5) is 0 Å². The van der Waals surface area contributed by atoms with Gasteiger partial charge < -0.3 is 5.32 Å². The molecule has 1 aromatic rings. The van der Waals surface area contributed by atoms with E-state index in [9.17, 15) is 9.59 Å². The van der Waals surface area contributed by atoms with Gasteiger partial charge in [-0.3, -0.25) is 14.6 Å². The Bertz CT molecular complexity index is 285. The highest BCUT2D eigenvalue weighted by Gasteiger charge is 1.96. The summed E-state index contributed by atoms with van der Waals surface area (Å²) in [6.07, 6.45) is 4.36. The van der Waals surface area contributed by atoms with Crippen LogP contribution in [0.3, 0.4) is 0 Å². The van der Waals surface area contributed by atoms with Crippen LogP contribution in [-0.4, -0.2) is 23.7 Å². The molecule has 1 heterocycles. The van der Waals surface area contributed by atoms with Crippen molar-refractivity contribution >= 4 is 12.2 Å². The molecule has 1 amide bonds. The molecule has 1 rings (SSSR count). The Morgan fingerprint density at radius 2 is 2.15 bits per heavy atom. The first-order chi connectivity index (χ1) is 6.33. The molecule has 0 aliphatic rings. The zero-order valence-electron chi connectivity index (χ0n) is 7.06. The Morgan fingerprint density at radius 1 is 1.46 bits per heavy atom. The number of amides is 1. The second-order valence-corrected chi connectivity index (χ2v) is 2.51. The smallest absolute Gasteiger partial charge is 0.284 e. The summed E-state index contributed by atoms with van der Waals surface area (Å²) in [5.74, 6) is -0.575. The lowest BCUT2D eigenvalue weighted by Crippen LogP contribution is -2.26. The fraction of sp³-hybridized carbons (Fsp3) is 0.222. The van der Waals surface area contributed by atoms with Crippen molar-refractivity contribution in [2.75, 3.05) is 6.54 Å². The standard InChI is InChI=1S/C9H10N2O2/c12-7-9(13)11-6-3-8-1-4-10-5-2-8/h1-2,4-5,7H,3,6H2,(H,11,13). The Kier molecular flexibility index (Phi) is 3.63. The third-order valence-electron chi connectivity index (χ3n) is 1.57. The number of aromatic nitrogens is 1. The lowest BCUT2D eigenvalue weighted by Gasteiger charge is -2.00. The number of nitrogens with zero attached hydrogens (tertiary/aromatic N) is 1. The van der Waals surface area contributed by atoms with Gasteiger partial charge in [-0.15, -0.1) is 0 Å². The van der Waals surface area contributed by atoms with E-state index in [-0.39, 0.29) is 6.29 Å². The topological polar surface area (TPSA) is 59.1 Å². The molecule has 1 aromatic heterocycles. The molecule has 0 fully saturated rings. The summed E-state index contributed by atoms with van der Waals surface area (Å²) >= 11 is 0. The van der Waals surface area contributed by atoms with E-state index in [1.807, 2.05) is 12.1 Å². The van der Waals surface area contributed by atoms with E-state index in [0.29, 0.717) is 13.0 Å². The van der Waals surface area contributed by atoms with Crippen molar-refractivity contribution in [3.05, 3.63) is 30.1 Å². The predicted octanol–water partition coefficient (Wildman–Crippen LogP) is -0.0608. The van der Waals surface area contributed by atoms with E-state index in [1.54, 1.807) is 12.4 Å². The maximum absolute atomic E-state index is 10.5. The Morgan fingerprint density at radius 3 is 2.77 bits per heavy atom. The molecule has 68 valence electrons. The second kappa shape index (κ2) is 5.03. The van der Waals surface area contributed by atoms with Crippen molar-refractivity contribution in [2.24, 2.45) is 0 Å². The summed E-state index contributed by atoms with van der Waals surface area (Å²) in [7, 11) is 0. The highest BCUT2D eigenvalue weighted by molar-refractivity contribution is 6.23. The molecule has 4 nitrogen and oxygen atoms in total. The van der Waals surface area contributed by atoms with Crippen molar-refractivity contribution in [2.45, 2.75) is 6.42 Å². The fourth-order valence-corrected chi connectivity index (χ4v) is 0.921. The zero-order valence-corrected chi connectivity index (χ0v) is 7.06. The van der Waals surface area contributed by atoms with Gasteiger partial charge in [0, 0.05) is 18.9 Å². The van der Waals surface area contributed by atoms with Crippen LogP contribution in [0.2, 0.25) is 0 Å². The van der Waals surface area contributed by atoms with Gasteiger partial charge in [0.25, 0.3) is 5.91 Å². The summed E-state index contributed by atoms with van der Waals surface area (Å²) in [5.41, 5.74) is 1.08. The molecular weight excluding hydrogens is 168 g/mol. The summed E-state index contributed by atoms with van der Waals surface area (Å²) in [5, 5.41) is 2.45. The minimum absolute atomic E-state index is 0.270. The Balaban J connectivity index is 2.28. The predicted molar refractivity (Wildman–Crippen MR) is 47.0 cm³/mol. The monoisotopic (exact) mass is 178 g/mol. The molecule has 0 saturated heterocycles. The van der Waals surface area contributed by atoms with Gasteiger partial charge in [0.2, 0.25) is 6.29 Å². The first-order valence-electron chi connectivity index (χ1n) is 3.95. The molecule has 13 heavy (non-hydrogen) atoms. The molecular formula is C9H10N2O2. The van der Waals surface area contributed by atoms with Gasteiger partial charge in [0.05, 0.1) is 0 Å². The zero-order chi connectivity index (χ0) is 9.52. The van der Waals surface area contributed by atoms with Crippen LogP contribution in [0.1, 0.15) is 5.56 Å². The van der Waals surface area contributed by atoms with E-state index in [4.69, 9.17) is 0 Å². The van der Waals surface area contributed by atoms with Crippen LogP contribution in [0.15, 0.2) is 24.5 Å². The van der Waals surface area contributed by atoms with Crippen molar-refractivity contribution < 1.29 is 9.59 Å². The molecule has 0 unspecified atom stereocenters. The number of aldehydes is 1. The average molecular weight is 178 g/mol. The van der Waals surface area contributed by atoms with E-state index in [1.165, 1.54) is 0 Å². The molecule has 0 saturated carbocycles. The number of carbonyl (C=O) groups excluding carboxylic acids is 2. The number of nitrogens with one attached hydrogen (secondary N) is 1. The number of hydrogen-bond donors (Lipinski definition) is 1. The highest BCUT2D eigenvalue weighted by Crippen LogP contribution is 1.95. The Hall–Kier alpha value is -1.71.